The molecule has 0 aromatic heterocycles. The van der Waals surface area contributed by atoms with Gasteiger partial charge in [0.2, 0.25) is 0 Å². The predicted molar refractivity (Wildman–Crippen MR) is 110 cm³/mol. The molecule has 4 rings (SSSR count). The van der Waals surface area contributed by atoms with Gasteiger partial charge in [-0.2, -0.15) is 0 Å². The van der Waals surface area contributed by atoms with Crippen molar-refractivity contribution in [1.29, 1.82) is 0 Å². The average Bonchev–Trinajstić information content (AvgIpc) is 3.10. The van der Waals surface area contributed by atoms with E-state index in [1.54, 1.807) is 6.07 Å². The summed E-state index contributed by atoms with van der Waals surface area (Å²) in [4.78, 5) is 11.8. The molecule has 2 N–H and O–H groups in total. The van der Waals surface area contributed by atoms with Crippen molar-refractivity contribution in [3.8, 4) is 0 Å². The van der Waals surface area contributed by atoms with Gasteiger partial charge in [-0.05, 0) is 53.0 Å². The summed E-state index contributed by atoms with van der Waals surface area (Å²) in [5.74, 6) is -0.350. The number of hydrogen-bond donors (Lipinski definition) is 2. The van der Waals surface area contributed by atoms with E-state index in [0.29, 0.717) is 11.5 Å². The van der Waals surface area contributed by atoms with E-state index >= 15 is 0 Å². The second-order valence-corrected chi connectivity index (χ2v) is 8.87. The molecule has 0 radical (unpaired) electrons. The van der Waals surface area contributed by atoms with Crippen LogP contribution in [0.15, 0.2) is 48.6 Å². The van der Waals surface area contributed by atoms with E-state index in [-0.39, 0.29) is 17.4 Å². The first-order chi connectivity index (χ1) is 12.8. The van der Waals surface area contributed by atoms with Gasteiger partial charge in [-0.25, -0.2) is 4.79 Å². The van der Waals surface area contributed by atoms with Gasteiger partial charge in [0.25, 0.3) is 0 Å². The fourth-order valence-corrected chi connectivity index (χ4v) is 4.56. The molecule has 0 amide bonds. The Kier molecular flexibility index (Phi) is 4.14. The molecular formula is C24H27NO2. The smallest absolute Gasteiger partial charge is 0.336 e. The molecule has 1 aliphatic heterocycles. The molecule has 140 valence electrons. The Morgan fingerprint density at radius 2 is 1.81 bits per heavy atom. The number of carbonyl (C=O) groups is 1. The second-order valence-electron chi connectivity index (χ2n) is 8.87. The van der Waals surface area contributed by atoms with Gasteiger partial charge in [0.05, 0.1) is 11.6 Å². The van der Waals surface area contributed by atoms with Crippen LogP contribution in [0.4, 0.5) is 5.69 Å². The highest BCUT2D eigenvalue weighted by atomic mass is 16.4. The molecule has 2 aromatic rings. The van der Waals surface area contributed by atoms with Gasteiger partial charge >= 0.3 is 5.97 Å². The van der Waals surface area contributed by atoms with E-state index in [1.165, 1.54) is 11.1 Å². The summed E-state index contributed by atoms with van der Waals surface area (Å²) in [5, 5.41) is 13.4. The van der Waals surface area contributed by atoms with Crippen LogP contribution in [0.25, 0.3) is 0 Å². The van der Waals surface area contributed by atoms with Crippen LogP contribution in [0.2, 0.25) is 0 Å². The molecular weight excluding hydrogens is 334 g/mol. The molecule has 0 saturated carbocycles. The summed E-state index contributed by atoms with van der Waals surface area (Å²) in [5.41, 5.74) is 6.20. The highest BCUT2D eigenvalue weighted by Gasteiger charge is 2.40. The highest BCUT2D eigenvalue weighted by molar-refractivity contribution is 5.93. The standard InChI is InChI=1S/C24H27NO2/c1-14-8-13-19(23(26)27)20-17-6-5-7-18(17)22(25-21(14)20)15-9-11-16(12-10-15)24(2,3)4/h5-6,8-13,17-18,22,25H,7H2,1-4H3,(H,26,27)/t17-,18+,22+/m0/s1. The third-order valence-corrected chi connectivity index (χ3v) is 6.09. The van der Waals surface area contributed by atoms with Crippen molar-refractivity contribution >= 4 is 11.7 Å². The zero-order valence-electron chi connectivity index (χ0n) is 16.4. The van der Waals surface area contributed by atoms with Crippen LogP contribution < -0.4 is 5.32 Å². The van der Waals surface area contributed by atoms with Crippen molar-refractivity contribution in [2.24, 2.45) is 5.92 Å². The Balaban J connectivity index is 1.79. The van der Waals surface area contributed by atoms with Gasteiger partial charge in [-0.3, -0.25) is 0 Å². The Hall–Kier alpha value is -2.55. The summed E-state index contributed by atoms with van der Waals surface area (Å²) >= 11 is 0. The van der Waals surface area contributed by atoms with Crippen LogP contribution >= 0.6 is 0 Å². The molecule has 3 nitrogen and oxygen atoms in total. The average molecular weight is 361 g/mol. The summed E-state index contributed by atoms with van der Waals surface area (Å²) in [6.07, 6.45) is 5.37. The molecule has 27 heavy (non-hydrogen) atoms. The lowest BCUT2D eigenvalue weighted by Crippen LogP contribution is -2.31. The summed E-state index contributed by atoms with van der Waals surface area (Å²) in [6.45, 7) is 8.73. The van der Waals surface area contributed by atoms with Crippen molar-refractivity contribution in [3.05, 3.63) is 76.4 Å². The number of nitrogens with one attached hydrogen (secondary N) is 1. The number of fused-ring (bicyclic) bond motifs is 3. The lowest BCUT2D eigenvalue weighted by atomic mass is 9.74. The van der Waals surface area contributed by atoms with E-state index in [2.05, 4.69) is 69.4 Å². The van der Waals surface area contributed by atoms with Crippen LogP contribution in [0, 0.1) is 12.8 Å². The maximum atomic E-state index is 11.8. The SMILES string of the molecule is Cc1ccc(C(=O)O)c2c1N[C@H](c1ccc(C(C)(C)C)cc1)[C@@H]1CC=C[C@H]21. The van der Waals surface area contributed by atoms with E-state index < -0.39 is 5.97 Å². The van der Waals surface area contributed by atoms with Crippen molar-refractivity contribution in [1.82, 2.24) is 0 Å². The normalized spacial score (nSPS) is 23.5. The van der Waals surface area contributed by atoms with E-state index in [4.69, 9.17) is 0 Å². The number of carboxylic acids is 1. The lowest BCUT2D eigenvalue weighted by Gasteiger charge is -2.39. The lowest BCUT2D eigenvalue weighted by molar-refractivity contribution is 0.0695. The van der Waals surface area contributed by atoms with Crippen molar-refractivity contribution in [2.75, 3.05) is 5.32 Å². The number of aryl methyl sites for hydroxylation is 1. The number of hydrogen-bond acceptors (Lipinski definition) is 2. The van der Waals surface area contributed by atoms with E-state index in [1.807, 2.05) is 6.07 Å². The minimum Gasteiger partial charge on any atom is -0.478 e. The summed E-state index contributed by atoms with van der Waals surface area (Å²) in [6, 6.07) is 12.8. The Labute approximate surface area is 161 Å². The molecule has 1 heterocycles. The molecule has 1 aliphatic carbocycles. The number of aromatic carboxylic acids is 1. The number of anilines is 1. The van der Waals surface area contributed by atoms with Gasteiger partial charge < -0.3 is 10.4 Å². The Bertz CT molecular complexity index is 919. The third-order valence-electron chi connectivity index (χ3n) is 6.09. The van der Waals surface area contributed by atoms with Crippen LogP contribution in [0.3, 0.4) is 0 Å². The fraction of sp³-hybridized carbons (Fsp3) is 0.375. The maximum absolute atomic E-state index is 11.8. The predicted octanol–water partition coefficient (Wildman–Crippen LogP) is 5.82. The van der Waals surface area contributed by atoms with Crippen LogP contribution in [-0.2, 0) is 5.41 Å². The largest absolute Gasteiger partial charge is 0.478 e. The summed E-state index contributed by atoms with van der Waals surface area (Å²) in [7, 11) is 0. The number of benzene rings is 2. The summed E-state index contributed by atoms with van der Waals surface area (Å²) < 4.78 is 0. The monoisotopic (exact) mass is 361 g/mol. The molecule has 3 atom stereocenters. The van der Waals surface area contributed by atoms with Crippen LogP contribution in [0.1, 0.15) is 71.8 Å². The van der Waals surface area contributed by atoms with Crippen LogP contribution in [0.5, 0.6) is 0 Å². The first-order valence-electron chi connectivity index (χ1n) is 9.68. The Morgan fingerprint density at radius 1 is 1.11 bits per heavy atom. The van der Waals surface area contributed by atoms with Gasteiger partial charge in [0.15, 0.2) is 0 Å². The molecule has 0 fully saturated rings. The maximum Gasteiger partial charge on any atom is 0.336 e. The molecule has 2 aliphatic rings. The number of rotatable bonds is 2. The molecule has 0 unspecified atom stereocenters. The Morgan fingerprint density at radius 3 is 2.44 bits per heavy atom. The van der Waals surface area contributed by atoms with Crippen molar-refractivity contribution in [2.45, 2.75) is 51.5 Å². The first-order valence-corrected chi connectivity index (χ1v) is 9.68. The molecule has 0 saturated heterocycles. The zero-order valence-corrected chi connectivity index (χ0v) is 16.4. The topological polar surface area (TPSA) is 49.3 Å². The van der Waals surface area contributed by atoms with Crippen molar-refractivity contribution < 1.29 is 9.90 Å². The van der Waals surface area contributed by atoms with Gasteiger partial charge in [0, 0.05) is 11.6 Å². The third kappa shape index (κ3) is 2.95. The van der Waals surface area contributed by atoms with Gasteiger partial charge in [-0.1, -0.05) is 63.3 Å². The number of carboxylic acid groups (broad SMARTS) is 1. The molecule has 0 spiro atoms. The second kappa shape index (κ2) is 6.26. The molecule has 2 aromatic carbocycles. The minimum absolute atomic E-state index is 0.134. The van der Waals surface area contributed by atoms with Gasteiger partial charge in [0.1, 0.15) is 0 Å². The minimum atomic E-state index is -0.847. The highest BCUT2D eigenvalue weighted by Crippen LogP contribution is 2.51. The molecule has 0 bridgehead atoms. The number of allylic oxidation sites excluding steroid dienone is 2. The quantitative estimate of drug-likeness (QED) is 0.663. The van der Waals surface area contributed by atoms with E-state index in [0.717, 1.165) is 23.2 Å². The fourth-order valence-electron chi connectivity index (χ4n) is 4.56. The molecule has 3 heteroatoms. The zero-order chi connectivity index (χ0) is 19.3. The van der Waals surface area contributed by atoms with E-state index in [9.17, 15) is 9.90 Å². The first kappa shape index (κ1) is 17.8. The van der Waals surface area contributed by atoms with Crippen molar-refractivity contribution in [3.63, 3.8) is 0 Å². The van der Waals surface area contributed by atoms with Crippen LogP contribution in [-0.4, -0.2) is 11.1 Å². The van der Waals surface area contributed by atoms with Gasteiger partial charge in [-0.15, -0.1) is 0 Å².